The zero-order valence-corrected chi connectivity index (χ0v) is 13.9. The van der Waals surface area contributed by atoms with Crippen LogP contribution in [0.15, 0.2) is 11.6 Å². The lowest BCUT2D eigenvalue weighted by Gasteiger charge is -2.53. The van der Waals surface area contributed by atoms with Gasteiger partial charge in [-0.3, -0.25) is 4.79 Å². The Bertz CT molecular complexity index is 469. The van der Waals surface area contributed by atoms with E-state index >= 15 is 0 Å². The zero-order chi connectivity index (χ0) is 15.9. The minimum Gasteiger partial charge on any atom is -0.393 e. The van der Waals surface area contributed by atoms with Crippen LogP contribution in [0, 0.1) is 23.2 Å². The van der Waals surface area contributed by atoms with Gasteiger partial charge >= 0.3 is 0 Å². The van der Waals surface area contributed by atoms with E-state index in [0.717, 1.165) is 32.1 Å². The second-order valence-electron chi connectivity index (χ2n) is 8.13. The van der Waals surface area contributed by atoms with Crippen molar-refractivity contribution >= 4 is 5.78 Å². The summed E-state index contributed by atoms with van der Waals surface area (Å²) in [4.78, 5) is 11.9. The molecule has 0 amide bonds. The van der Waals surface area contributed by atoms with Crippen molar-refractivity contribution < 1.29 is 15.0 Å². The van der Waals surface area contributed by atoms with E-state index in [1.54, 1.807) is 0 Å². The molecule has 3 aliphatic rings. The van der Waals surface area contributed by atoms with Crippen molar-refractivity contribution in [1.29, 1.82) is 0 Å². The number of hydrogen-bond acceptors (Lipinski definition) is 3. The first kappa shape index (κ1) is 16.2. The highest BCUT2D eigenvalue weighted by Gasteiger charge is 2.50. The van der Waals surface area contributed by atoms with Gasteiger partial charge in [0, 0.05) is 12.8 Å². The van der Waals surface area contributed by atoms with Crippen LogP contribution in [0.4, 0.5) is 0 Å². The van der Waals surface area contributed by atoms with E-state index in [2.05, 4.69) is 13.8 Å². The summed E-state index contributed by atoms with van der Waals surface area (Å²) < 4.78 is 0. The molecule has 0 aromatic rings. The van der Waals surface area contributed by atoms with Gasteiger partial charge in [-0.25, -0.2) is 0 Å². The molecule has 0 aliphatic heterocycles. The van der Waals surface area contributed by atoms with Gasteiger partial charge < -0.3 is 10.2 Å². The third-order valence-electron chi connectivity index (χ3n) is 6.74. The number of aliphatic hydroxyl groups is 2. The smallest absolute Gasteiger partial charge is 0.132 e. The maximum absolute atomic E-state index is 11.9. The molecule has 2 saturated carbocycles. The van der Waals surface area contributed by atoms with E-state index in [4.69, 9.17) is 0 Å². The summed E-state index contributed by atoms with van der Waals surface area (Å²) in [5, 5.41) is 20.8. The summed E-state index contributed by atoms with van der Waals surface area (Å²) in [6, 6.07) is 0. The molecule has 2 fully saturated rings. The predicted molar refractivity (Wildman–Crippen MR) is 86.3 cm³/mol. The van der Waals surface area contributed by atoms with Crippen molar-refractivity contribution in [2.75, 3.05) is 0 Å². The minimum atomic E-state index is -0.415. The molecule has 3 heteroatoms. The number of hydrogen-bond donors (Lipinski definition) is 2. The van der Waals surface area contributed by atoms with E-state index in [9.17, 15) is 15.0 Å². The van der Waals surface area contributed by atoms with Gasteiger partial charge in [0.2, 0.25) is 0 Å². The van der Waals surface area contributed by atoms with Crippen LogP contribution in [-0.2, 0) is 4.79 Å². The summed E-state index contributed by atoms with van der Waals surface area (Å²) in [7, 11) is 0. The van der Waals surface area contributed by atoms with E-state index in [1.807, 2.05) is 6.08 Å². The first-order valence-electron chi connectivity index (χ1n) is 9.01. The molecule has 2 N–H and O–H groups in total. The Morgan fingerprint density at radius 1 is 1.18 bits per heavy atom. The number of rotatable bonds is 0. The molecule has 124 valence electrons. The van der Waals surface area contributed by atoms with Crippen molar-refractivity contribution in [3.05, 3.63) is 11.6 Å². The van der Waals surface area contributed by atoms with Gasteiger partial charge in [0.25, 0.3) is 0 Å². The summed E-state index contributed by atoms with van der Waals surface area (Å²) in [6.07, 6.45) is 8.21. The minimum absolute atomic E-state index is 0.102. The molecular formula is C19H30O3. The normalized spacial score (nSPS) is 46.6. The van der Waals surface area contributed by atoms with Crippen LogP contribution >= 0.6 is 0 Å². The lowest BCUT2D eigenvalue weighted by atomic mass is 9.53. The molecule has 4 unspecified atom stereocenters. The van der Waals surface area contributed by atoms with Crippen molar-refractivity contribution in [3.8, 4) is 0 Å². The summed E-state index contributed by atoms with van der Waals surface area (Å²) in [6.45, 7) is 4.54. The second-order valence-corrected chi connectivity index (χ2v) is 8.13. The molecule has 3 nitrogen and oxygen atoms in total. The molecule has 0 bridgehead atoms. The fourth-order valence-corrected chi connectivity index (χ4v) is 5.35. The number of aliphatic hydroxyl groups excluding tert-OH is 2. The number of ketones is 1. The summed E-state index contributed by atoms with van der Waals surface area (Å²) >= 11 is 0. The second kappa shape index (κ2) is 6.09. The topological polar surface area (TPSA) is 57.5 Å². The lowest BCUT2D eigenvalue weighted by molar-refractivity contribution is -0.119. The SMILES string of the molecule is CC1CCC(=O)CCCC2C1[C@@H](O)C=C1C[C@@H](O)CCC12C. The summed E-state index contributed by atoms with van der Waals surface area (Å²) in [5.74, 6) is 1.46. The Hall–Kier alpha value is -0.670. The molecule has 0 spiro atoms. The largest absolute Gasteiger partial charge is 0.393 e. The van der Waals surface area contributed by atoms with Crippen LogP contribution in [0.3, 0.4) is 0 Å². The monoisotopic (exact) mass is 306 g/mol. The third kappa shape index (κ3) is 2.78. The number of Topliss-reactive ketones (excluding diaryl/α,β-unsaturated/α-hetero) is 1. The number of fused-ring (bicyclic) bond motifs is 3. The first-order chi connectivity index (χ1) is 10.4. The average Bonchev–Trinajstić information content (AvgIpc) is 2.53. The van der Waals surface area contributed by atoms with Crippen LogP contribution in [0.25, 0.3) is 0 Å². The molecule has 0 aromatic heterocycles. The van der Waals surface area contributed by atoms with Crippen molar-refractivity contribution in [3.63, 3.8) is 0 Å². The highest BCUT2D eigenvalue weighted by molar-refractivity contribution is 5.78. The number of carbonyl (C=O) groups is 1. The van der Waals surface area contributed by atoms with Gasteiger partial charge in [-0.15, -0.1) is 0 Å². The van der Waals surface area contributed by atoms with Gasteiger partial charge in [-0.05, 0) is 61.7 Å². The van der Waals surface area contributed by atoms with Crippen LogP contribution < -0.4 is 0 Å². The first-order valence-corrected chi connectivity index (χ1v) is 9.01. The maximum atomic E-state index is 11.9. The van der Waals surface area contributed by atoms with Crippen LogP contribution in [-0.4, -0.2) is 28.2 Å². The van der Waals surface area contributed by atoms with E-state index < -0.39 is 6.10 Å². The Morgan fingerprint density at radius 3 is 2.73 bits per heavy atom. The molecule has 3 aliphatic carbocycles. The van der Waals surface area contributed by atoms with Crippen molar-refractivity contribution in [2.24, 2.45) is 23.2 Å². The maximum Gasteiger partial charge on any atom is 0.132 e. The van der Waals surface area contributed by atoms with Crippen molar-refractivity contribution in [1.82, 2.24) is 0 Å². The Morgan fingerprint density at radius 2 is 1.95 bits per heavy atom. The molecule has 3 rings (SSSR count). The van der Waals surface area contributed by atoms with Crippen molar-refractivity contribution in [2.45, 2.75) is 77.4 Å². The highest BCUT2D eigenvalue weighted by atomic mass is 16.3. The van der Waals surface area contributed by atoms with Gasteiger partial charge in [-0.1, -0.05) is 25.5 Å². The molecule has 0 heterocycles. The van der Waals surface area contributed by atoms with Crippen LogP contribution in [0.5, 0.6) is 0 Å². The zero-order valence-electron chi connectivity index (χ0n) is 13.9. The standard InChI is InChI=1S/C19H30O3/c1-12-6-7-14(20)4-3-5-16-18(12)17(22)11-13-10-15(21)8-9-19(13,16)2/h11-12,15-18,21-22H,3-10H2,1-2H3/t12?,15-,16?,17-,18?,19?/m0/s1. The van der Waals surface area contributed by atoms with Crippen LogP contribution in [0.2, 0.25) is 0 Å². The average molecular weight is 306 g/mol. The Balaban J connectivity index is 1.95. The molecule has 0 radical (unpaired) electrons. The van der Waals surface area contributed by atoms with E-state index in [0.29, 0.717) is 36.9 Å². The van der Waals surface area contributed by atoms with Gasteiger partial charge in [0.05, 0.1) is 12.2 Å². The van der Waals surface area contributed by atoms with Gasteiger partial charge in [0.1, 0.15) is 5.78 Å². The molecule has 6 atom stereocenters. The van der Waals surface area contributed by atoms with E-state index in [1.165, 1.54) is 5.57 Å². The molecular weight excluding hydrogens is 276 g/mol. The van der Waals surface area contributed by atoms with Gasteiger partial charge in [0.15, 0.2) is 0 Å². The Labute approximate surface area is 133 Å². The lowest BCUT2D eigenvalue weighted by Crippen LogP contribution is -2.48. The number of carbonyl (C=O) groups excluding carboxylic acids is 1. The Kier molecular flexibility index (Phi) is 4.48. The van der Waals surface area contributed by atoms with E-state index in [-0.39, 0.29) is 17.4 Å². The summed E-state index contributed by atoms with van der Waals surface area (Å²) in [5.41, 5.74) is 1.36. The fraction of sp³-hybridized carbons (Fsp3) is 0.842. The predicted octanol–water partition coefficient (Wildman–Crippen LogP) is 3.24. The third-order valence-corrected chi connectivity index (χ3v) is 6.74. The van der Waals surface area contributed by atoms with Crippen LogP contribution in [0.1, 0.15) is 65.2 Å². The highest BCUT2D eigenvalue weighted by Crippen LogP contribution is 2.56. The molecule has 22 heavy (non-hydrogen) atoms. The quantitative estimate of drug-likeness (QED) is 0.676. The molecule has 0 aromatic carbocycles. The van der Waals surface area contributed by atoms with Gasteiger partial charge in [-0.2, -0.15) is 0 Å². The molecule has 0 saturated heterocycles. The fourth-order valence-electron chi connectivity index (χ4n) is 5.35.